The minimum atomic E-state index is -1.10. The summed E-state index contributed by atoms with van der Waals surface area (Å²) in [5.41, 5.74) is 0. The van der Waals surface area contributed by atoms with E-state index in [0.717, 1.165) is 4.90 Å². The van der Waals surface area contributed by atoms with Gasteiger partial charge in [-0.3, -0.25) is 4.79 Å². The van der Waals surface area contributed by atoms with Crippen molar-refractivity contribution in [2.75, 3.05) is 12.4 Å². The zero-order valence-electron chi connectivity index (χ0n) is 6.81. The standard InChI is InChI=1S/C7H10ClNO4/c8-2-6(11)9-3-4(10)1-5(9)7(12)13/h4-5,10H,1-3H2,(H,12,13)/t4?,5-/m1/s1. The van der Waals surface area contributed by atoms with Crippen molar-refractivity contribution >= 4 is 23.5 Å². The second kappa shape index (κ2) is 3.93. The van der Waals surface area contributed by atoms with E-state index >= 15 is 0 Å². The highest BCUT2D eigenvalue weighted by Gasteiger charge is 2.38. The lowest BCUT2D eigenvalue weighted by Gasteiger charge is -2.19. The molecule has 5 nitrogen and oxygen atoms in total. The number of hydrogen-bond donors (Lipinski definition) is 2. The van der Waals surface area contributed by atoms with Crippen LogP contribution in [0.3, 0.4) is 0 Å². The molecule has 13 heavy (non-hydrogen) atoms. The molecule has 1 rings (SSSR count). The van der Waals surface area contributed by atoms with Crippen LogP contribution in [0.1, 0.15) is 6.42 Å². The van der Waals surface area contributed by atoms with E-state index in [1.807, 2.05) is 0 Å². The third-order valence-electron chi connectivity index (χ3n) is 2.00. The van der Waals surface area contributed by atoms with Gasteiger partial charge in [0.05, 0.1) is 6.10 Å². The van der Waals surface area contributed by atoms with Gasteiger partial charge < -0.3 is 15.1 Å². The van der Waals surface area contributed by atoms with Gasteiger partial charge >= 0.3 is 5.97 Å². The molecule has 1 aliphatic rings. The first-order chi connectivity index (χ1) is 6.06. The first kappa shape index (κ1) is 10.3. The van der Waals surface area contributed by atoms with Crippen LogP contribution >= 0.6 is 11.6 Å². The lowest BCUT2D eigenvalue weighted by atomic mass is 10.2. The number of nitrogens with zero attached hydrogens (tertiary/aromatic N) is 1. The Morgan fingerprint density at radius 2 is 2.15 bits per heavy atom. The van der Waals surface area contributed by atoms with Crippen LogP contribution in [0.2, 0.25) is 0 Å². The molecule has 1 amide bonds. The SMILES string of the molecule is O=C(O)[C@H]1CC(O)CN1C(=O)CCl. The van der Waals surface area contributed by atoms with Crippen LogP contribution in [0.15, 0.2) is 0 Å². The molecule has 0 aromatic heterocycles. The number of carboxylic acid groups (broad SMARTS) is 1. The smallest absolute Gasteiger partial charge is 0.326 e. The van der Waals surface area contributed by atoms with Crippen LogP contribution < -0.4 is 0 Å². The highest BCUT2D eigenvalue weighted by atomic mass is 35.5. The van der Waals surface area contributed by atoms with Crippen molar-refractivity contribution in [1.29, 1.82) is 0 Å². The van der Waals surface area contributed by atoms with E-state index in [4.69, 9.17) is 21.8 Å². The molecular weight excluding hydrogens is 198 g/mol. The topological polar surface area (TPSA) is 77.8 Å². The predicted molar refractivity (Wildman–Crippen MR) is 44.5 cm³/mol. The highest BCUT2D eigenvalue weighted by Crippen LogP contribution is 2.18. The third kappa shape index (κ3) is 2.10. The molecule has 1 fully saturated rings. The second-order valence-electron chi connectivity index (χ2n) is 2.92. The van der Waals surface area contributed by atoms with Gasteiger partial charge in [0.25, 0.3) is 0 Å². The number of halogens is 1. The summed E-state index contributed by atoms with van der Waals surface area (Å²) >= 11 is 5.28. The zero-order chi connectivity index (χ0) is 10.0. The Hall–Kier alpha value is -0.810. The molecule has 1 saturated heterocycles. The van der Waals surface area contributed by atoms with Crippen molar-refractivity contribution in [3.63, 3.8) is 0 Å². The minimum absolute atomic E-state index is 0.0581. The van der Waals surface area contributed by atoms with Crippen molar-refractivity contribution in [2.45, 2.75) is 18.6 Å². The Morgan fingerprint density at radius 1 is 1.54 bits per heavy atom. The molecule has 1 aliphatic heterocycles. The predicted octanol–water partition coefficient (Wildman–Crippen LogP) is -0.728. The van der Waals surface area contributed by atoms with Crippen molar-refractivity contribution in [1.82, 2.24) is 4.90 Å². The van der Waals surface area contributed by atoms with E-state index in [-0.39, 0.29) is 18.8 Å². The molecule has 0 radical (unpaired) electrons. The summed E-state index contributed by atoms with van der Waals surface area (Å²) < 4.78 is 0. The fourth-order valence-corrected chi connectivity index (χ4v) is 1.55. The zero-order valence-corrected chi connectivity index (χ0v) is 7.57. The minimum Gasteiger partial charge on any atom is -0.480 e. The lowest BCUT2D eigenvalue weighted by molar-refractivity contribution is -0.147. The molecule has 1 heterocycles. The van der Waals surface area contributed by atoms with Gasteiger partial charge in [0, 0.05) is 13.0 Å². The average Bonchev–Trinajstić information content (AvgIpc) is 2.46. The summed E-state index contributed by atoms with van der Waals surface area (Å²) in [5, 5.41) is 17.9. The maximum Gasteiger partial charge on any atom is 0.326 e. The van der Waals surface area contributed by atoms with E-state index in [1.165, 1.54) is 0 Å². The summed E-state index contributed by atoms with van der Waals surface area (Å²) in [7, 11) is 0. The van der Waals surface area contributed by atoms with Crippen LogP contribution in [0.25, 0.3) is 0 Å². The van der Waals surface area contributed by atoms with Gasteiger partial charge in [-0.25, -0.2) is 4.79 Å². The summed E-state index contributed by atoms with van der Waals surface area (Å²) in [6.45, 7) is 0.0581. The third-order valence-corrected chi connectivity index (χ3v) is 2.23. The number of amides is 1. The van der Waals surface area contributed by atoms with E-state index in [1.54, 1.807) is 0 Å². The quantitative estimate of drug-likeness (QED) is 0.586. The number of carbonyl (C=O) groups excluding carboxylic acids is 1. The molecule has 0 aliphatic carbocycles. The van der Waals surface area contributed by atoms with Gasteiger partial charge in [-0.2, -0.15) is 0 Å². The summed E-state index contributed by atoms with van der Waals surface area (Å²) in [4.78, 5) is 22.8. The summed E-state index contributed by atoms with van der Waals surface area (Å²) in [5.74, 6) is -1.81. The number of β-amino-alcohol motifs (C(OH)–C–C–N with tert-alkyl or cyclic N) is 1. The molecule has 2 N–H and O–H groups in total. The number of aliphatic hydroxyl groups is 1. The molecule has 0 aromatic rings. The van der Waals surface area contributed by atoms with Crippen molar-refractivity contribution in [2.24, 2.45) is 0 Å². The van der Waals surface area contributed by atoms with Gasteiger partial charge in [-0.05, 0) is 0 Å². The molecule has 0 saturated carbocycles. The highest BCUT2D eigenvalue weighted by molar-refractivity contribution is 6.27. The number of rotatable bonds is 2. The lowest BCUT2D eigenvalue weighted by Crippen LogP contribution is -2.41. The van der Waals surface area contributed by atoms with Gasteiger partial charge in [0.2, 0.25) is 5.91 Å². The number of carbonyl (C=O) groups is 2. The normalized spacial score (nSPS) is 27.7. The maximum atomic E-state index is 11.1. The first-order valence-electron chi connectivity index (χ1n) is 3.82. The number of alkyl halides is 1. The van der Waals surface area contributed by atoms with E-state index < -0.39 is 24.0 Å². The van der Waals surface area contributed by atoms with Crippen LogP contribution in [0, 0.1) is 0 Å². The Morgan fingerprint density at radius 3 is 2.62 bits per heavy atom. The molecule has 1 unspecified atom stereocenters. The Bertz CT molecular complexity index is 233. The van der Waals surface area contributed by atoms with Crippen molar-refractivity contribution in [3.05, 3.63) is 0 Å². The van der Waals surface area contributed by atoms with E-state index in [9.17, 15) is 9.59 Å². The maximum absolute atomic E-state index is 11.1. The average molecular weight is 208 g/mol. The van der Waals surface area contributed by atoms with Crippen LogP contribution in [0.5, 0.6) is 0 Å². The summed E-state index contributed by atoms with van der Waals surface area (Å²) in [6, 6.07) is -0.929. The van der Waals surface area contributed by atoms with Gasteiger partial charge in [0.15, 0.2) is 0 Å². The number of likely N-dealkylation sites (tertiary alicyclic amines) is 1. The molecular formula is C7H10ClNO4. The van der Waals surface area contributed by atoms with Gasteiger partial charge in [-0.1, -0.05) is 0 Å². The Kier molecular flexibility index (Phi) is 3.11. The monoisotopic (exact) mass is 207 g/mol. The largest absolute Gasteiger partial charge is 0.480 e. The summed E-state index contributed by atoms with van der Waals surface area (Å²) in [6.07, 6.45) is -0.675. The van der Waals surface area contributed by atoms with E-state index in [0.29, 0.717) is 0 Å². The molecule has 2 atom stereocenters. The number of hydrogen-bond acceptors (Lipinski definition) is 3. The number of carboxylic acids is 1. The van der Waals surface area contributed by atoms with Gasteiger partial charge in [-0.15, -0.1) is 11.6 Å². The molecule has 0 bridgehead atoms. The van der Waals surface area contributed by atoms with Gasteiger partial charge in [0.1, 0.15) is 11.9 Å². The van der Waals surface area contributed by atoms with Crippen molar-refractivity contribution in [3.8, 4) is 0 Å². The van der Waals surface area contributed by atoms with Crippen LogP contribution in [-0.4, -0.2) is 51.6 Å². The molecule has 0 aromatic carbocycles. The fraction of sp³-hybridized carbons (Fsp3) is 0.714. The van der Waals surface area contributed by atoms with Crippen LogP contribution in [-0.2, 0) is 9.59 Å². The number of aliphatic hydroxyl groups excluding tert-OH is 1. The molecule has 74 valence electrons. The molecule has 0 spiro atoms. The first-order valence-corrected chi connectivity index (χ1v) is 4.36. The fourth-order valence-electron chi connectivity index (χ4n) is 1.40. The van der Waals surface area contributed by atoms with E-state index in [2.05, 4.69) is 0 Å². The van der Waals surface area contributed by atoms with Crippen molar-refractivity contribution < 1.29 is 19.8 Å². The Labute approximate surface area is 79.9 Å². The van der Waals surface area contributed by atoms with Crippen LogP contribution in [0.4, 0.5) is 0 Å². The molecule has 6 heteroatoms. The Balaban J connectivity index is 2.71. The number of aliphatic carboxylic acids is 1. The second-order valence-corrected chi connectivity index (χ2v) is 3.19.